The summed E-state index contributed by atoms with van der Waals surface area (Å²) in [4.78, 5) is 12.0. The molecule has 0 saturated heterocycles. The van der Waals surface area contributed by atoms with E-state index in [4.69, 9.17) is 0 Å². The zero-order valence-electron chi connectivity index (χ0n) is 11.0. The lowest BCUT2D eigenvalue weighted by atomic mass is 10.0. The van der Waals surface area contributed by atoms with E-state index >= 15 is 0 Å². The van der Waals surface area contributed by atoms with Gasteiger partial charge in [0.25, 0.3) is 0 Å². The minimum atomic E-state index is -0.230. The van der Waals surface area contributed by atoms with Crippen LogP contribution >= 0.6 is 15.9 Å². The van der Waals surface area contributed by atoms with Gasteiger partial charge in [-0.1, -0.05) is 29.8 Å². The van der Waals surface area contributed by atoms with E-state index in [0.29, 0.717) is 12.0 Å². The molecule has 1 aromatic carbocycles. The average Bonchev–Trinajstić information content (AvgIpc) is 2.55. The molecule has 0 radical (unpaired) electrons. The number of halogens is 1. The van der Waals surface area contributed by atoms with Crippen molar-refractivity contribution in [2.45, 2.75) is 39.3 Å². The number of amides is 1. The highest BCUT2D eigenvalue weighted by atomic mass is 79.9. The summed E-state index contributed by atoms with van der Waals surface area (Å²) in [5, 5.41) is 6.32. The molecule has 0 spiro atoms. The lowest BCUT2D eigenvalue weighted by Crippen LogP contribution is -2.35. The van der Waals surface area contributed by atoms with Gasteiger partial charge in [-0.3, -0.25) is 10.1 Å². The van der Waals surface area contributed by atoms with Gasteiger partial charge in [0.05, 0.1) is 0 Å². The van der Waals surface area contributed by atoms with Gasteiger partial charge >= 0.3 is 0 Å². The lowest BCUT2D eigenvalue weighted by Gasteiger charge is -2.20. The van der Waals surface area contributed by atoms with E-state index in [1.807, 2.05) is 18.2 Å². The van der Waals surface area contributed by atoms with Crippen molar-refractivity contribution in [2.24, 2.45) is 5.92 Å². The molecule has 0 bridgehead atoms. The minimum Gasteiger partial charge on any atom is -0.324 e. The van der Waals surface area contributed by atoms with Crippen LogP contribution in [-0.2, 0) is 4.79 Å². The highest BCUT2D eigenvalue weighted by molar-refractivity contribution is 9.10. The van der Waals surface area contributed by atoms with Crippen LogP contribution in [0.2, 0.25) is 0 Å². The average molecular weight is 311 g/mol. The molecule has 98 valence electrons. The van der Waals surface area contributed by atoms with E-state index in [1.165, 1.54) is 0 Å². The van der Waals surface area contributed by atoms with Gasteiger partial charge in [-0.2, -0.15) is 0 Å². The molecule has 0 aromatic heterocycles. The Morgan fingerprint density at radius 3 is 2.78 bits per heavy atom. The van der Waals surface area contributed by atoms with E-state index in [0.717, 1.165) is 22.1 Å². The number of hydrogen-bond donors (Lipinski definition) is 2. The van der Waals surface area contributed by atoms with E-state index in [-0.39, 0.29) is 11.9 Å². The molecular weight excluding hydrogens is 292 g/mol. The number of fused-ring (bicyclic) bond motifs is 1. The summed E-state index contributed by atoms with van der Waals surface area (Å²) in [6.07, 6.45) is 1.06. The molecule has 1 amide bonds. The molecule has 2 rings (SSSR count). The number of hydrogen-bond acceptors (Lipinski definition) is 2. The van der Waals surface area contributed by atoms with Crippen molar-refractivity contribution in [3.05, 3.63) is 28.2 Å². The number of benzene rings is 1. The molecule has 0 saturated carbocycles. The molecule has 0 aliphatic carbocycles. The van der Waals surface area contributed by atoms with E-state index < -0.39 is 0 Å². The summed E-state index contributed by atoms with van der Waals surface area (Å²) in [7, 11) is 0. The lowest BCUT2D eigenvalue weighted by molar-refractivity contribution is -0.117. The highest BCUT2D eigenvalue weighted by Crippen LogP contribution is 2.33. The topological polar surface area (TPSA) is 41.1 Å². The van der Waals surface area contributed by atoms with Gasteiger partial charge in [0, 0.05) is 21.8 Å². The van der Waals surface area contributed by atoms with Crippen LogP contribution < -0.4 is 10.6 Å². The van der Waals surface area contributed by atoms with Crippen LogP contribution in [0, 0.1) is 5.92 Å². The first kappa shape index (κ1) is 13.6. The Balaban J connectivity index is 2.15. The molecule has 1 aromatic rings. The zero-order chi connectivity index (χ0) is 13.3. The van der Waals surface area contributed by atoms with Crippen LogP contribution in [0.15, 0.2) is 22.7 Å². The second-order valence-corrected chi connectivity index (χ2v) is 6.27. The van der Waals surface area contributed by atoms with Crippen LogP contribution in [0.4, 0.5) is 5.69 Å². The third kappa shape index (κ3) is 2.93. The summed E-state index contributed by atoms with van der Waals surface area (Å²) in [6, 6.07) is 5.98. The molecule has 0 fully saturated rings. The molecule has 2 atom stereocenters. The predicted octanol–water partition coefficient (Wildman–Crippen LogP) is 3.47. The van der Waals surface area contributed by atoms with E-state index in [9.17, 15) is 4.79 Å². The Labute approximate surface area is 116 Å². The number of rotatable bonds is 4. The zero-order valence-corrected chi connectivity index (χ0v) is 12.5. The Kier molecular flexibility index (Phi) is 4.07. The Morgan fingerprint density at radius 1 is 1.39 bits per heavy atom. The number of anilines is 1. The normalized spacial score (nSPS) is 19.8. The van der Waals surface area contributed by atoms with E-state index in [2.05, 4.69) is 47.3 Å². The predicted molar refractivity (Wildman–Crippen MR) is 77.6 cm³/mol. The Morgan fingerprint density at radius 2 is 2.11 bits per heavy atom. The first-order valence-electron chi connectivity index (χ1n) is 6.33. The molecule has 1 aliphatic heterocycles. The number of carbonyl (C=O) groups excluding carboxylic acids is 1. The van der Waals surface area contributed by atoms with Gasteiger partial charge in [0.15, 0.2) is 0 Å². The first-order chi connectivity index (χ1) is 8.47. The van der Waals surface area contributed by atoms with Crippen LogP contribution in [0.1, 0.15) is 38.8 Å². The van der Waals surface area contributed by atoms with Crippen molar-refractivity contribution in [3.8, 4) is 0 Å². The summed E-state index contributed by atoms with van der Waals surface area (Å²) in [5.41, 5.74) is 1.95. The second kappa shape index (κ2) is 5.41. The van der Waals surface area contributed by atoms with Crippen molar-refractivity contribution < 1.29 is 4.79 Å². The van der Waals surface area contributed by atoms with Gasteiger partial charge in [-0.05, 0) is 37.5 Å². The number of carbonyl (C=O) groups is 1. The van der Waals surface area contributed by atoms with Gasteiger partial charge in [-0.15, -0.1) is 0 Å². The molecule has 18 heavy (non-hydrogen) atoms. The van der Waals surface area contributed by atoms with Crippen molar-refractivity contribution in [2.75, 3.05) is 5.32 Å². The standard InChI is InChI=1S/C14H19BrN2O/c1-8(2)6-9(3)16-13-11-7-10(15)4-5-12(11)17-14(13)18/h4-5,7-9,13,16H,6H2,1-3H3,(H,17,18). The van der Waals surface area contributed by atoms with E-state index in [1.54, 1.807) is 0 Å². The van der Waals surface area contributed by atoms with Crippen molar-refractivity contribution in [3.63, 3.8) is 0 Å². The molecule has 3 nitrogen and oxygen atoms in total. The van der Waals surface area contributed by atoms with Gasteiger partial charge < -0.3 is 5.32 Å². The van der Waals surface area contributed by atoms with Crippen molar-refractivity contribution >= 4 is 27.5 Å². The van der Waals surface area contributed by atoms with Crippen LogP contribution in [0.5, 0.6) is 0 Å². The molecule has 2 N–H and O–H groups in total. The summed E-state index contributed by atoms with van der Waals surface area (Å²) in [5.74, 6) is 0.664. The Bertz CT molecular complexity index is 459. The molecule has 1 aliphatic rings. The monoisotopic (exact) mass is 310 g/mol. The third-order valence-corrected chi connectivity index (χ3v) is 3.61. The molecule has 1 heterocycles. The summed E-state index contributed by atoms with van der Waals surface area (Å²) < 4.78 is 1.00. The van der Waals surface area contributed by atoms with Gasteiger partial charge in [0.1, 0.15) is 6.04 Å². The molecule has 4 heteroatoms. The van der Waals surface area contributed by atoms with Crippen LogP contribution in [0.3, 0.4) is 0 Å². The summed E-state index contributed by atoms with van der Waals surface area (Å²) in [6.45, 7) is 6.51. The smallest absolute Gasteiger partial charge is 0.246 e. The quantitative estimate of drug-likeness (QED) is 0.894. The fourth-order valence-electron chi connectivity index (χ4n) is 2.46. The number of nitrogens with one attached hydrogen (secondary N) is 2. The fourth-order valence-corrected chi connectivity index (χ4v) is 2.84. The SMILES string of the molecule is CC(C)CC(C)NC1C(=O)Nc2ccc(Br)cc21. The third-order valence-electron chi connectivity index (χ3n) is 3.12. The summed E-state index contributed by atoms with van der Waals surface area (Å²) >= 11 is 3.45. The largest absolute Gasteiger partial charge is 0.324 e. The fraction of sp³-hybridized carbons (Fsp3) is 0.500. The van der Waals surface area contributed by atoms with Gasteiger partial charge in [-0.25, -0.2) is 0 Å². The van der Waals surface area contributed by atoms with Crippen molar-refractivity contribution in [1.29, 1.82) is 0 Å². The maximum Gasteiger partial charge on any atom is 0.246 e. The maximum atomic E-state index is 12.0. The van der Waals surface area contributed by atoms with Crippen LogP contribution in [-0.4, -0.2) is 11.9 Å². The van der Waals surface area contributed by atoms with Gasteiger partial charge in [0.2, 0.25) is 5.91 Å². The van der Waals surface area contributed by atoms with Crippen molar-refractivity contribution in [1.82, 2.24) is 5.32 Å². The molecular formula is C14H19BrN2O. The maximum absolute atomic E-state index is 12.0. The van der Waals surface area contributed by atoms with Crippen LogP contribution in [0.25, 0.3) is 0 Å². The highest BCUT2D eigenvalue weighted by Gasteiger charge is 2.31. The first-order valence-corrected chi connectivity index (χ1v) is 7.13. The Hall–Kier alpha value is -0.870. The second-order valence-electron chi connectivity index (χ2n) is 5.35. The minimum absolute atomic E-state index is 0.0405. The molecule has 2 unspecified atom stereocenters.